The maximum atomic E-state index is 13.6. The average molecular weight is 303 g/mol. The van der Waals surface area contributed by atoms with E-state index in [1.807, 2.05) is 0 Å². The summed E-state index contributed by atoms with van der Waals surface area (Å²) in [7, 11) is 0. The number of benzene rings is 1. The number of nitrogens with zero attached hydrogens (tertiary/aromatic N) is 1. The molecular formula is C12H10BrClFN. The van der Waals surface area contributed by atoms with E-state index in [1.54, 1.807) is 12.1 Å². The van der Waals surface area contributed by atoms with E-state index in [1.165, 1.54) is 6.07 Å². The second kappa shape index (κ2) is 4.68. The van der Waals surface area contributed by atoms with Crippen LogP contribution in [0, 0.1) is 5.82 Å². The Bertz CT molecular complexity index is 542. The molecule has 1 aromatic carbocycles. The molecule has 0 unspecified atom stereocenters. The summed E-state index contributed by atoms with van der Waals surface area (Å²) < 4.78 is 14.4. The molecule has 0 aliphatic heterocycles. The van der Waals surface area contributed by atoms with Crippen molar-refractivity contribution in [3.05, 3.63) is 39.2 Å². The van der Waals surface area contributed by atoms with Crippen LogP contribution in [0.25, 0.3) is 10.9 Å². The van der Waals surface area contributed by atoms with Crippen LogP contribution in [-0.2, 0) is 6.42 Å². The maximum absolute atomic E-state index is 13.6. The van der Waals surface area contributed by atoms with E-state index in [0.717, 1.165) is 22.9 Å². The lowest BCUT2D eigenvalue weighted by Gasteiger charge is -2.06. The molecule has 0 aliphatic carbocycles. The average Bonchev–Trinajstić information content (AvgIpc) is 2.26. The van der Waals surface area contributed by atoms with Crippen molar-refractivity contribution < 1.29 is 4.39 Å². The molecule has 0 spiro atoms. The van der Waals surface area contributed by atoms with Crippen molar-refractivity contribution in [2.75, 3.05) is 0 Å². The first kappa shape index (κ1) is 11.8. The van der Waals surface area contributed by atoms with Gasteiger partial charge in [-0.1, -0.05) is 24.9 Å². The summed E-state index contributed by atoms with van der Waals surface area (Å²) in [5, 5.41) is 0.975. The van der Waals surface area contributed by atoms with Gasteiger partial charge in [0.1, 0.15) is 11.0 Å². The SMILES string of the molecule is CCCc1cc2c(F)ccc(Br)c2nc1Cl. The Kier molecular flexibility index (Phi) is 3.45. The predicted octanol–water partition coefficient (Wildman–Crippen LogP) is 4.74. The molecule has 0 radical (unpaired) electrons. The molecule has 4 heteroatoms. The van der Waals surface area contributed by atoms with Crippen molar-refractivity contribution in [3.63, 3.8) is 0 Å². The van der Waals surface area contributed by atoms with Crippen LogP contribution in [0.2, 0.25) is 5.15 Å². The highest BCUT2D eigenvalue weighted by atomic mass is 79.9. The molecule has 0 fully saturated rings. The Hall–Kier alpha value is -0.670. The largest absolute Gasteiger partial charge is 0.235 e. The number of aryl methyl sites for hydroxylation is 1. The zero-order valence-corrected chi connectivity index (χ0v) is 11.1. The first-order valence-electron chi connectivity index (χ1n) is 5.06. The maximum Gasteiger partial charge on any atom is 0.133 e. The topological polar surface area (TPSA) is 12.9 Å². The van der Waals surface area contributed by atoms with Crippen LogP contribution in [0.4, 0.5) is 4.39 Å². The van der Waals surface area contributed by atoms with Crippen LogP contribution in [0.3, 0.4) is 0 Å². The van der Waals surface area contributed by atoms with Gasteiger partial charge in [0, 0.05) is 9.86 Å². The molecule has 1 aromatic heterocycles. The summed E-state index contributed by atoms with van der Waals surface area (Å²) in [5.74, 6) is -0.264. The summed E-state index contributed by atoms with van der Waals surface area (Å²) >= 11 is 9.39. The lowest BCUT2D eigenvalue weighted by atomic mass is 10.1. The van der Waals surface area contributed by atoms with Gasteiger partial charge in [0.05, 0.1) is 5.52 Å². The summed E-state index contributed by atoms with van der Waals surface area (Å²) in [6.07, 6.45) is 1.77. The first-order valence-corrected chi connectivity index (χ1v) is 6.23. The van der Waals surface area contributed by atoms with Gasteiger partial charge in [-0.05, 0) is 46.1 Å². The number of pyridine rings is 1. The molecule has 84 valence electrons. The molecule has 0 N–H and O–H groups in total. The third kappa shape index (κ3) is 2.06. The summed E-state index contributed by atoms with van der Waals surface area (Å²) in [6, 6.07) is 4.85. The predicted molar refractivity (Wildman–Crippen MR) is 68.4 cm³/mol. The monoisotopic (exact) mass is 301 g/mol. The highest BCUT2D eigenvalue weighted by Crippen LogP contribution is 2.28. The van der Waals surface area contributed by atoms with Crippen LogP contribution in [0.1, 0.15) is 18.9 Å². The Morgan fingerprint density at radius 2 is 2.19 bits per heavy atom. The van der Waals surface area contributed by atoms with Gasteiger partial charge in [-0.2, -0.15) is 0 Å². The minimum absolute atomic E-state index is 0.264. The fourth-order valence-electron chi connectivity index (χ4n) is 1.66. The molecule has 0 aliphatic rings. The lowest BCUT2D eigenvalue weighted by Crippen LogP contribution is -1.92. The van der Waals surface area contributed by atoms with Crippen molar-refractivity contribution in [2.45, 2.75) is 19.8 Å². The summed E-state index contributed by atoms with van der Waals surface area (Å²) in [4.78, 5) is 4.23. The van der Waals surface area contributed by atoms with E-state index in [2.05, 4.69) is 27.8 Å². The Morgan fingerprint density at radius 1 is 1.44 bits per heavy atom. The van der Waals surface area contributed by atoms with Gasteiger partial charge in [-0.25, -0.2) is 9.37 Å². The standard InChI is InChI=1S/C12H10BrClFN/c1-2-3-7-6-8-10(15)5-4-9(13)11(8)16-12(7)14/h4-6H,2-3H2,1H3. The molecule has 1 heterocycles. The Morgan fingerprint density at radius 3 is 2.88 bits per heavy atom. The first-order chi connectivity index (χ1) is 7.63. The van der Waals surface area contributed by atoms with Crippen LogP contribution in [0.15, 0.2) is 22.7 Å². The van der Waals surface area contributed by atoms with Gasteiger partial charge in [0.15, 0.2) is 0 Å². The third-order valence-corrected chi connectivity index (χ3v) is 3.39. The Labute approximate surface area is 107 Å². The summed E-state index contributed by atoms with van der Waals surface area (Å²) in [6.45, 7) is 2.05. The van der Waals surface area contributed by atoms with E-state index < -0.39 is 0 Å². The van der Waals surface area contributed by atoms with Gasteiger partial charge in [0.25, 0.3) is 0 Å². The van der Waals surface area contributed by atoms with E-state index >= 15 is 0 Å². The van der Waals surface area contributed by atoms with Crippen LogP contribution < -0.4 is 0 Å². The number of hydrogen-bond donors (Lipinski definition) is 0. The van der Waals surface area contributed by atoms with Crippen molar-refractivity contribution >= 4 is 38.4 Å². The highest BCUT2D eigenvalue weighted by molar-refractivity contribution is 9.10. The van der Waals surface area contributed by atoms with Gasteiger partial charge in [0.2, 0.25) is 0 Å². The number of fused-ring (bicyclic) bond motifs is 1. The van der Waals surface area contributed by atoms with Crippen molar-refractivity contribution in [1.82, 2.24) is 4.98 Å². The zero-order valence-electron chi connectivity index (χ0n) is 8.73. The summed E-state index contributed by atoms with van der Waals surface area (Å²) in [5.41, 5.74) is 1.47. The van der Waals surface area contributed by atoms with E-state index in [-0.39, 0.29) is 5.82 Å². The van der Waals surface area contributed by atoms with Gasteiger partial charge >= 0.3 is 0 Å². The van der Waals surface area contributed by atoms with Crippen molar-refractivity contribution in [3.8, 4) is 0 Å². The fraction of sp³-hybridized carbons (Fsp3) is 0.250. The third-order valence-electron chi connectivity index (χ3n) is 2.43. The number of rotatable bonds is 2. The molecule has 0 saturated carbocycles. The molecule has 0 amide bonds. The van der Waals surface area contributed by atoms with Crippen molar-refractivity contribution in [1.29, 1.82) is 0 Å². The van der Waals surface area contributed by atoms with Crippen LogP contribution in [-0.4, -0.2) is 4.98 Å². The highest BCUT2D eigenvalue weighted by Gasteiger charge is 2.10. The number of halogens is 3. The Balaban J connectivity index is 2.73. The second-order valence-electron chi connectivity index (χ2n) is 3.61. The van der Waals surface area contributed by atoms with E-state index in [9.17, 15) is 4.39 Å². The van der Waals surface area contributed by atoms with Crippen molar-refractivity contribution in [2.24, 2.45) is 0 Å². The van der Waals surface area contributed by atoms with E-state index in [0.29, 0.717) is 16.1 Å². The molecular weight excluding hydrogens is 292 g/mol. The molecule has 0 bridgehead atoms. The van der Waals surface area contributed by atoms with E-state index in [4.69, 9.17) is 11.6 Å². The normalized spacial score (nSPS) is 11.0. The van der Waals surface area contributed by atoms with Gasteiger partial charge < -0.3 is 0 Å². The minimum Gasteiger partial charge on any atom is -0.235 e. The van der Waals surface area contributed by atoms with Gasteiger partial charge in [-0.15, -0.1) is 0 Å². The number of aromatic nitrogens is 1. The zero-order chi connectivity index (χ0) is 11.7. The molecule has 2 aromatic rings. The quantitative estimate of drug-likeness (QED) is 0.730. The van der Waals surface area contributed by atoms with Crippen LogP contribution >= 0.6 is 27.5 Å². The second-order valence-corrected chi connectivity index (χ2v) is 4.83. The number of hydrogen-bond acceptors (Lipinski definition) is 1. The molecule has 16 heavy (non-hydrogen) atoms. The smallest absolute Gasteiger partial charge is 0.133 e. The van der Waals surface area contributed by atoms with Crippen LogP contribution in [0.5, 0.6) is 0 Å². The molecule has 0 saturated heterocycles. The van der Waals surface area contributed by atoms with Gasteiger partial charge in [-0.3, -0.25) is 0 Å². The molecule has 2 rings (SSSR count). The lowest BCUT2D eigenvalue weighted by molar-refractivity contribution is 0.639. The minimum atomic E-state index is -0.264. The fourth-order valence-corrected chi connectivity index (χ4v) is 2.32. The molecule has 1 nitrogen and oxygen atoms in total. The molecule has 0 atom stereocenters.